The van der Waals surface area contributed by atoms with E-state index in [0.717, 1.165) is 4.57 Å². The first-order chi connectivity index (χ1) is 9.15. The summed E-state index contributed by atoms with van der Waals surface area (Å²) in [5, 5.41) is 0. The van der Waals surface area contributed by atoms with Crippen LogP contribution in [0.25, 0.3) is 5.69 Å². The average Bonchev–Trinajstić information content (AvgIpc) is 2.39. The van der Waals surface area contributed by atoms with Crippen molar-refractivity contribution >= 4 is 0 Å². The van der Waals surface area contributed by atoms with Crippen molar-refractivity contribution in [3.05, 3.63) is 74.4 Å². The van der Waals surface area contributed by atoms with Gasteiger partial charge in [0.05, 0.1) is 5.69 Å². The fraction of sp³-hybridized carbons (Fsp3) is 0.0833. The van der Waals surface area contributed by atoms with Crippen LogP contribution < -0.4 is 21.9 Å². The number of H-pyrrole nitrogens is 1. The number of hydrogen-bond acceptors (Lipinski definition) is 4. The summed E-state index contributed by atoms with van der Waals surface area (Å²) in [7, 11) is 0. The van der Waals surface area contributed by atoms with Gasteiger partial charge in [-0.25, -0.2) is 19.0 Å². The van der Waals surface area contributed by atoms with Gasteiger partial charge in [0.15, 0.2) is 0 Å². The summed E-state index contributed by atoms with van der Waals surface area (Å²) in [5.41, 5.74) is -2.28. The lowest BCUT2D eigenvalue weighted by molar-refractivity contribution is 0.107. The quantitative estimate of drug-likeness (QED) is 0.737. The molecule has 98 valence electrons. The second-order valence-electron chi connectivity index (χ2n) is 3.57. The fourth-order valence-electron chi connectivity index (χ4n) is 1.51. The van der Waals surface area contributed by atoms with Crippen molar-refractivity contribution in [1.29, 1.82) is 0 Å². The van der Waals surface area contributed by atoms with Crippen LogP contribution in [0.2, 0.25) is 0 Å². The maximum Gasteiger partial charge on any atom is 0.374 e. The van der Waals surface area contributed by atoms with Gasteiger partial charge in [0.2, 0.25) is 0 Å². The smallest absolute Gasteiger partial charge is 0.374 e. The number of nitrogens with zero attached hydrogens (tertiary/aromatic N) is 2. The second kappa shape index (κ2) is 5.21. The lowest BCUT2D eigenvalue weighted by Crippen LogP contribution is -2.51. The molecular weight excluding hydrogens is 250 g/mol. The first-order valence-corrected chi connectivity index (χ1v) is 5.43. The Morgan fingerprint density at radius 2 is 1.84 bits per heavy atom. The summed E-state index contributed by atoms with van der Waals surface area (Å²) in [5.74, 6) is 0. The Morgan fingerprint density at radius 1 is 1.16 bits per heavy atom. The largest absolute Gasteiger partial charge is 0.401 e. The van der Waals surface area contributed by atoms with E-state index in [1.54, 1.807) is 30.3 Å². The number of aromatic nitrogens is 3. The van der Waals surface area contributed by atoms with Crippen LogP contribution in [0.5, 0.6) is 0 Å². The standard InChI is InChI=1S/C12H11N3O4/c1-2-8-19-15-11(17)13-10(16)14(12(15)18)9-6-4-3-5-7-9/h2-7H,1,8H2,(H,13,16,17). The van der Waals surface area contributed by atoms with Gasteiger partial charge in [-0.1, -0.05) is 35.6 Å². The monoisotopic (exact) mass is 261 g/mol. The first-order valence-electron chi connectivity index (χ1n) is 5.43. The normalized spacial score (nSPS) is 10.1. The molecule has 0 saturated carbocycles. The zero-order valence-electron chi connectivity index (χ0n) is 9.91. The van der Waals surface area contributed by atoms with Crippen molar-refractivity contribution in [2.45, 2.75) is 0 Å². The fourth-order valence-corrected chi connectivity index (χ4v) is 1.51. The van der Waals surface area contributed by atoms with E-state index in [1.165, 1.54) is 6.08 Å². The molecule has 7 heteroatoms. The van der Waals surface area contributed by atoms with Gasteiger partial charge in [0, 0.05) is 0 Å². The van der Waals surface area contributed by atoms with Crippen molar-refractivity contribution < 1.29 is 4.84 Å². The van der Waals surface area contributed by atoms with Gasteiger partial charge in [-0.2, -0.15) is 0 Å². The molecule has 1 N–H and O–H groups in total. The summed E-state index contributed by atoms with van der Waals surface area (Å²) >= 11 is 0. The van der Waals surface area contributed by atoms with Crippen LogP contribution in [0.3, 0.4) is 0 Å². The Balaban J connectivity index is 2.69. The highest BCUT2D eigenvalue weighted by Gasteiger charge is 2.11. The van der Waals surface area contributed by atoms with Crippen molar-refractivity contribution in [2.75, 3.05) is 6.61 Å². The topological polar surface area (TPSA) is 86.1 Å². The van der Waals surface area contributed by atoms with Gasteiger partial charge in [0.1, 0.15) is 6.61 Å². The Hall–Kier alpha value is -2.83. The molecule has 0 spiro atoms. The van der Waals surface area contributed by atoms with E-state index in [4.69, 9.17) is 4.84 Å². The van der Waals surface area contributed by atoms with E-state index < -0.39 is 17.1 Å². The van der Waals surface area contributed by atoms with Gasteiger partial charge < -0.3 is 4.84 Å². The average molecular weight is 261 g/mol. The molecule has 2 aromatic rings. The molecule has 0 aliphatic rings. The summed E-state index contributed by atoms with van der Waals surface area (Å²) in [6, 6.07) is 8.22. The highest BCUT2D eigenvalue weighted by molar-refractivity contribution is 5.30. The van der Waals surface area contributed by atoms with Gasteiger partial charge in [-0.15, -0.1) is 0 Å². The van der Waals surface area contributed by atoms with Gasteiger partial charge >= 0.3 is 17.1 Å². The molecule has 0 atom stereocenters. The minimum absolute atomic E-state index is 0.0318. The van der Waals surface area contributed by atoms with E-state index in [9.17, 15) is 14.4 Å². The van der Waals surface area contributed by atoms with Crippen LogP contribution in [0.1, 0.15) is 0 Å². The van der Waals surface area contributed by atoms with Gasteiger partial charge in [0.25, 0.3) is 0 Å². The minimum atomic E-state index is -0.927. The third-order valence-corrected chi connectivity index (χ3v) is 2.30. The molecule has 1 heterocycles. The third kappa shape index (κ3) is 2.39. The zero-order valence-corrected chi connectivity index (χ0v) is 9.91. The predicted molar refractivity (Wildman–Crippen MR) is 68.6 cm³/mol. The SMILES string of the molecule is C=CCOn1c(=O)[nH]c(=O)n(-c2ccccc2)c1=O. The molecule has 0 radical (unpaired) electrons. The lowest BCUT2D eigenvalue weighted by atomic mass is 10.3. The molecule has 0 aliphatic carbocycles. The highest BCUT2D eigenvalue weighted by Crippen LogP contribution is 1.99. The van der Waals surface area contributed by atoms with Crippen LogP contribution >= 0.6 is 0 Å². The maximum atomic E-state index is 12.1. The van der Waals surface area contributed by atoms with Gasteiger partial charge in [-0.05, 0) is 12.1 Å². The number of benzene rings is 1. The van der Waals surface area contributed by atoms with Crippen LogP contribution in [-0.2, 0) is 0 Å². The first kappa shape index (κ1) is 12.6. The molecule has 1 aromatic heterocycles. The molecule has 1 aromatic carbocycles. The van der Waals surface area contributed by atoms with E-state index in [0.29, 0.717) is 10.4 Å². The van der Waals surface area contributed by atoms with Crippen molar-refractivity contribution in [2.24, 2.45) is 0 Å². The molecule has 0 fully saturated rings. The molecule has 0 amide bonds. The van der Waals surface area contributed by atoms with Crippen molar-refractivity contribution in [3.63, 3.8) is 0 Å². The van der Waals surface area contributed by atoms with Crippen LogP contribution in [0.4, 0.5) is 0 Å². The summed E-state index contributed by atoms with van der Waals surface area (Å²) in [6.07, 6.45) is 1.38. The van der Waals surface area contributed by atoms with Crippen LogP contribution in [-0.4, -0.2) is 20.9 Å². The minimum Gasteiger partial charge on any atom is -0.401 e. The van der Waals surface area contributed by atoms with Crippen molar-refractivity contribution in [3.8, 4) is 5.69 Å². The Kier molecular flexibility index (Phi) is 3.46. The molecule has 7 nitrogen and oxygen atoms in total. The Morgan fingerprint density at radius 3 is 2.47 bits per heavy atom. The molecule has 2 rings (SSSR count). The number of hydrogen-bond donors (Lipinski definition) is 1. The molecule has 0 bridgehead atoms. The van der Waals surface area contributed by atoms with Gasteiger partial charge in [-0.3, -0.25) is 4.98 Å². The number of rotatable bonds is 4. The van der Waals surface area contributed by atoms with Crippen LogP contribution in [0, 0.1) is 0 Å². The predicted octanol–water partition coefficient (Wildman–Crippen LogP) is -0.698. The Bertz CT molecular complexity index is 755. The third-order valence-electron chi connectivity index (χ3n) is 2.30. The molecular formula is C12H11N3O4. The summed E-state index contributed by atoms with van der Waals surface area (Å²) in [6.45, 7) is 3.38. The maximum absolute atomic E-state index is 12.1. The number of para-hydroxylation sites is 1. The summed E-state index contributed by atoms with van der Waals surface area (Å²) < 4.78 is 1.29. The van der Waals surface area contributed by atoms with E-state index >= 15 is 0 Å². The van der Waals surface area contributed by atoms with E-state index in [2.05, 4.69) is 6.58 Å². The molecule has 0 unspecified atom stereocenters. The number of nitrogens with one attached hydrogen (secondary N) is 1. The van der Waals surface area contributed by atoms with E-state index in [-0.39, 0.29) is 6.61 Å². The molecule has 0 aliphatic heterocycles. The van der Waals surface area contributed by atoms with E-state index in [1.807, 2.05) is 4.98 Å². The van der Waals surface area contributed by atoms with Crippen molar-refractivity contribution in [1.82, 2.24) is 14.3 Å². The zero-order chi connectivity index (χ0) is 13.8. The second-order valence-corrected chi connectivity index (χ2v) is 3.57. The molecule has 0 saturated heterocycles. The van der Waals surface area contributed by atoms with Crippen LogP contribution in [0.15, 0.2) is 57.4 Å². The number of aromatic amines is 1. The summed E-state index contributed by atoms with van der Waals surface area (Å²) in [4.78, 5) is 42.2. The highest BCUT2D eigenvalue weighted by atomic mass is 16.7. The Labute approximate surface area is 107 Å². The molecule has 19 heavy (non-hydrogen) atoms. The lowest BCUT2D eigenvalue weighted by Gasteiger charge is -2.08.